The zero-order valence-corrected chi connectivity index (χ0v) is 10.8. The first-order valence-electron chi connectivity index (χ1n) is 6.52. The molecule has 90 valence electrons. The molecule has 2 heteroatoms. The normalized spacial score (nSPS) is 21.4. The van der Waals surface area contributed by atoms with E-state index in [1.165, 1.54) is 32.1 Å². The van der Waals surface area contributed by atoms with E-state index in [0.29, 0.717) is 6.04 Å². The molecule has 0 aromatic rings. The van der Waals surface area contributed by atoms with E-state index in [-0.39, 0.29) is 5.60 Å². The molecule has 0 bridgehead atoms. The van der Waals surface area contributed by atoms with Gasteiger partial charge >= 0.3 is 0 Å². The third kappa shape index (κ3) is 2.54. The van der Waals surface area contributed by atoms with Gasteiger partial charge in [0.2, 0.25) is 0 Å². The van der Waals surface area contributed by atoms with Crippen molar-refractivity contribution in [1.82, 2.24) is 5.32 Å². The Morgan fingerprint density at radius 1 is 1.20 bits per heavy atom. The van der Waals surface area contributed by atoms with Crippen LogP contribution >= 0.6 is 0 Å². The van der Waals surface area contributed by atoms with Gasteiger partial charge in [-0.1, -0.05) is 33.6 Å². The first kappa shape index (κ1) is 13.0. The molecule has 1 atom stereocenters. The Balaban J connectivity index is 2.70. The van der Waals surface area contributed by atoms with Crippen LogP contribution in [0.15, 0.2) is 0 Å². The maximum atomic E-state index is 5.81. The van der Waals surface area contributed by atoms with Crippen molar-refractivity contribution in [3.8, 4) is 0 Å². The predicted octanol–water partition coefficient (Wildman–Crippen LogP) is 2.97. The molecule has 0 heterocycles. The third-order valence-corrected chi connectivity index (χ3v) is 4.12. The SMILES string of the molecule is CCNC(C(CC)CC)C1(OC)CCC1. The molecule has 1 unspecified atom stereocenters. The molecule has 1 aliphatic rings. The summed E-state index contributed by atoms with van der Waals surface area (Å²) in [5.74, 6) is 0.755. The van der Waals surface area contributed by atoms with Gasteiger partial charge in [-0.3, -0.25) is 0 Å². The fourth-order valence-corrected chi connectivity index (χ4v) is 2.93. The Bertz CT molecular complexity index is 168. The summed E-state index contributed by atoms with van der Waals surface area (Å²) >= 11 is 0. The molecule has 1 aliphatic carbocycles. The molecule has 0 spiro atoms. The van der Waals surface area contributed by atoms with Crippen LogP contribution in [0.3, 0.4) is 0 Å². The molecule has 15 heavy (non-hydrogen) atoms. The highest BCUT2D eigenvalue weighted by atomic mass is 16.5. The van der Waals surface area contributed by atoms with Crippen LogP contribution in [0.5, 0.6) is 0 Å². The lowest BCUT2D eigenvalue weighted by Crippen LogP contribution is -2.59. The minimum atomic E-state index is 0.146. The number of nitrogens with one attached hydrogen (secondary N) is 1. The van der Waals surface area contributed by atoms with E-state index >= 15 is 0 Å². The van der Waals surface area contributed by atoms with Crippen molar-refractivity contribution in [3.63, 3.8) is 0 Å². The van der Waals surface area contributed by atoms with E-state index in [1.807, 2.05) is 7.11 Å². The molecular weight excluding hydrogens is 186 g/mol. The van der Waals surface area contributed by atoms with Gasteiger partial charge in [-0.15, -0.1) is 0 Å². The average Bonchev–Trinajstić information content (AvgIpc) is 2.19. The highest BCUT2D eigenvalue weighted by molar-refractivity contribution is 5.01. The summed E-state index contributed by atoms with van der Waals surface area (Å²) in [7, 11) is 1.88. The monoisotopic (exact) mass is 213 g/mol. The zero-order valence-electron chi connectivity index (χ0n) is 10.8. The van der Waals surface area contributed by atoms with E-state index in [1.54, 1.807) is 0 Å². The summed E-state index contributed by atoms with van der Waals surface area (Å²) in [4.78, 5) is 0. The van der Waals surface area contributed by atoms with Gasteiger partial charge in [0, 0.05) is 13.2 Å². The summed E-state index contributed by atoms with van der Waals surface area (Å²) in [6.45, 7) is 7.82. The standard InChI is InChI=1S/C13H27NO/c1-5-11(6-2)12(14-7-3)13(15-4)9-8-10-13/h11-12,14H,5-10H2,1-4H3. The average molecular weight is 213 g/mol. The van der Waals surface area contributed by atoms with Crippen LogP contribution in [0, 0.1) is 5.92 Å². The predicted molar refractivity (Wildman–Crippen MR) is 65.1 cm³/mol. The Hall–Kier alpha value is -0.0800. The zero-order chi connectivity index (χ0) is 11.3. The van der Waals surface area contributed by atoms with Crippen LogP contribution < -0.4 is 5.32 Å². The van der Waals surface area contributed by atoms with Crippen molar-refractivity contribution in [1.29, 1.82) is 0 Å². The van der Waals surface area contributed by atoms with Gasteiger partial charge in [0.15, 0.2) is 0 Å². The molecule has 1 fully saturated rings. The second-order valence-electron chi connectivity index (χ2n) is 4.73. The summed E-state index contributed by atoms with van der Waals surface area (Å²) in [5, 5.41) is 3.65. The molecule has 0 radical (unpaired) electrons. The van der Waals surface area contributed by atoms with Crippen molar-refractivity contribution in [2.75, 3.05) is 13.7 Å². The van der Waals surface area contributed by atoms with E-state index in [9.17, 15) is 0 Å². The van der Waals surface area contributed by atoms with E-state index < -0.39 is 0 Å². The second kappa shape index (κ2) is 5.86. The molecular formula is C13H27NO. The Morgan fingerprint density at radius 2 is 1.80 bits per heavy atom. The minimum Gasteiger partial charge on any atom is -0.377 e. The Kier molecular flexibility index (Phi) is 5.07. The van der Waals surface area contributed by atoms with Gasteiger partial charge in [-0.2, -0.15) is 0 Å². The molecule has 2 nitrogen and oxygen atoms in total. The smallest absolute Gasteiger partial charge is 0.0833 e. The lowest BCUT2D eigenvalue weighted by molar-refractivity contribution is -0.112. The van der Waals surface area contributed by atoms with Crippen LogP contribution in [-0.2, 0) is 4.74 Å². The van der Waals surface area contributed by atoms with Crippen LogP contribution in [0.25, 0.3) is 0 Å². The van der Waals surface area contributed by atoms with Gasteiger partial charge in [-0.25, -0.2) is 0 Å². The fourth-order valence-electron chi connectivity index (χ4n) is 2.93. The summed E-state index contributed by atoms with van der Waals surface area (Å²) < 4.78 is 5.81. The van der Waals surface area contributed by atoms with E-state index in [2.05, 4.69) is 26.1 Å². The van der Waals surface area contributed by atoms with Crippen LogP contribution in [0.2, 0.25) is 0 Å². The highest BCUT2D eigenvalue weighted by Crippen LogP contribution is 2.41. The summed E-state index contributed by atoms with van der Waals surface area (Å²) in [5.41, 5.74) is 0.146. The molecule has 0 aliphatic heterocycles. The molecule has 0 aromatic carbocycles. The minimum absolute atomic E-state index is 0.146. The number of likely N-dealkylation sites (N-methyl/N-ethyl adjacent to an activating group) is 1. The van der Waals surface area contributed by atoms with E-state index in [4.69, 9.17) is 4.74 Å². The summed E-state index contributed by atoms with van der Waals surface area (Å²) in [6, 6.07) is 0.552. The lowest BCUT2D eigenvalue weighted by Gasteiger charge is -2.49. The van der Waals surface area contributed by atoms with Gasteiger partial charge in [0.25, 0.3) is 0 Å². The van der Waals surface area contributed by atoms with Crippen molar-refractivity contribution < 1.29 is 4.74 Å². The van der Waals surface area contributed by atoms with Gasteiger partial charge in [0.1, 0.15) is 0 Å². The van der Waals surface area contributed by atoms with E-state index in [0.717, 1.165) is 12.5 Å². The number of hydrogen-bond acceptors (Lipinski definition) is 2. The van der Waals surface area contributed by atoms with Gasteiger partial charge < -0.3 is 10.1 Å². The highest BCUT2D eigenvalue weighted by Gasteiger charge is 2.46. The van der Waals surface area contributed by atoms with Crippen molar-refractivity contribution in [3.05, 3.63) is 0 Å². The topological polar surface area (TPSA) is 21.3 Å². The largest absolute Gasteiger partial charge is 0.377 e. The van der Waals surface area contributed by atoms with Gasteiger partial charge in [-0.05, 0) is 31.7 Å². The second-order valence-corrected chi connectivity index (χ2v) is 4.73. The molecule has 1 rings (SSSR count). The lowest BCUT2D eigenvalue weighted by atomic mass is 9.69. The Morgan fingerprint density at radius 3 is 2.07 bits per heavy atom. The third-order valence-electron chi connectivity index (χ3n) is 4.12. The number of methoxy groups -OCH3 is 1. The first-order valence-corrected chi connectivity index (χ1v) is 6.52. The maximum absolute atomic E-state index is 5.81. The molecule has 1 saturated carbocycles. The number of ether oxygens (including phenoxy) is 1. The maximum Gasteiger partial charge on any atom is 0.0833 e. The van der Waals surface area contributed by atoms with Crippen LogP contribution in [-0.4, -0.2) is 25.3 Å². The van der Waals surface area contributed by atoms with Crippen molar-refractivity contribution in [2.45, 2.75) is 64.5 Å². The van der Waals surface area contributed by atoms with Crippen molar-refractivity contribution >= 4 is 0 Å². The van der Waals surface area contributed by atoms with Crippen LogP contribution in [0.4, 0.5) is 0 Å². The van der Waals surface area contributed by atoms with Crippen molar-refractivity contribution in [2.24, 2.45) is 5.92 Å². The molecule has 0 saturated heterocycles. The summed E-state index contributed by atoms with van der Waals surface area (Å²) in [6.07, 6.45) is 6.30. The first-order chi connectivity index (χ1) is 7.24. The van der Waals surface area contributed by atoms with Gasteiger partial charge in [0.05, 0.1) is 5.60 Å². The quantitative estimate of drug-likeness (QED) is 0.702. The fraction of sp³-hybridized carbons (Fsp3) is 1.00. The molecule has 0 aromatic heterocycles. The Labute approximate surface area is 94.8 Å². The molecule has 0 amide bonds. The number of hydrogen-bond donors (Lipinski definition) is 1. The van der Waals surface area contributed by atoms with Crippen LogP contribution in [0.1, 0.15) is 52.9 Å². The molecule has 1 N–H and O–H groups in total. The number of rotatable bonds is 7.